The number of nitrogens with zero attached hydrogens (tertiary/aromatic N) is 3. The number of hydrogen-bond acceptors (Lipinski definition) is 3. The van der Waals surface area contributed by atoms with E-state index in [0.717, 1.165) is 4.68 Å². The van der Waals surface area contributed by atoms with Gasteiger partial charge in [0, 0.05) is 0 Å². The van der Waals surface area contributed by atoms with E-state index in [9.17, 15) is 18.3 Å². The molecule has 0 unspecified atom stereocenters. The molecule has 21 heavy (non-hydrogen) atoms. The first-order valence-electron chi connectivity index (χ1n) is 5.11. The van der Waals surface area contributed by atoms with E-state index in [1.54, 1.807) is 6.07 Å². The minimum atomic E-state index is -4.60. The molecule has 0 fully saturated rings. The van der Waals surface area contributed by atoms with Crippen LogP contribution in [0.2, 0.25) is 10.0 Å². The van der Waals surface area contributed by atoms with E-state index in [0.29, 0.717) is 12.1 Å². The van der Waals surface area contributed by atoms with Crippen LogP contribution in [0.4, 0.5) is 13.2 Å². The van der Waals surface area contributed by atoms with Crippen LogP contribution in [0.25, 0.3) is 5.69 Å². The summed E-state index contributed by atoms with van der Waals surface area (Å²) in [5.41, 5.74) is -1.43. The zero-order valence-corrected chi connectivity index (χ0v) is 12.8. The Bertz CT molecular complexity index is 744. The highest BCUT2D eigenvalue weighted by Gasteiger charge is 2.32. The highest BCUT2D eigenvalue weighted by Crippen LogP contribution is 2.40. The van der Waals surface area contributed by atoms with Gasteiger partial charge < -0.3 is 5.11 Å². The molecule has 10 heteroatoms. The number of aromatic hydroxyl groups is 1. The first kappa shape index (κ1) is 15.9. The van der Waals surface area contributed by atoms with Crippen molar-refractivity contribution in [2.75, 3.05) is 0 Å². The minimum absolute atomic E-state index is 0.0531. The van der Waals surface area contributed by atoms with Crippen molar-refractivity contribution in [2.24, 2.45) is 0 Å². The summed E-state index contributed by atoms with van der Waals surface area (Å²) in [4.78, 5) is 0. The van der Waals surface area contributed by atoms with Gasteiger partial charge in [-0.05, 0) is 28.1 Å². The van der Waals surface area contributed by atoms with Crippen LogP contribution in [-0.4, -0.2) is 14.9 Å². The maximum absolute atomic E-state index is 12.7. The average molecular weight is 401 g/mol. The van der Waals surface area contributed by atoms with Crippen molar-refractivity contribution >= 4 is 39.1 Å². The van der Waals surface area contributed by atoms with Crippen LogP contribution in [-0.2, 0) is 6.18 Å². The number of halogens is 6. The Labute approximate surface area is 134 Å². The van der Waals surface area contributed by atoms with Crippen molar-refractivity contribution in [3.05, 3.63) is 38.0 Å². The number of rotatable bonds is 1. The molecule has 0 aliphatic carbocycles. The summed E-state index contributed by atoms with van der Waals surface area (Å²) < 4.78 is 38.8. The molecule has 0 aliphatic rings. The molecule has 0 saturated carbocycles. The van der Waals surface area contributed by atoms with Gasteiger partial charge in [-0.25, -0.2) is 4.68 Å². The van der Waals surface area contributed by atoms with Crippen molar-refractivity contribution < 1.29 is 18.3 Å². The Morgan fingerprint density at radius 3 is 2.19 bits per heavy atom. The van der Waals surface area contributed by atoms with Crippen LogP contribution in [0.1, 0.15) is 11.3 Å². The summed E-state index contributed by atoms with van der Waals surface area (Å²) in [7, 11) is 0. The van der Waals surface area contributed by atoms with Gasteiger partial charge >= 0.3 is 6.18 Å². The zero-order chi connectivity index (χ0) is 15.9. The lowest BCUT2D eigenvalue weighted by Crippen LogP contribution is -2.07. The second kappa shape index (κ2) is 5.40. The molecule has 0 bridgehead atoms. The number of nitriles is 1. The van der Waals surface area contributed by atoms with Crippen LogP contribution in [0, 0.1) is 11.3 Å². The van der Waals surface area contributed by atoms with Gasteiger partial charge in [0.05, 0.1) is 15.6 Å². The topological polar surface area (TPSA) is 61.8 Å². The van der Waals surface area contributed by atoms with Crippen molar-refractivity contribution in [3.63, 3.8) is 0 Å². The quantitative estimate of drug-likeness (QED) is 0.764. The van der Waals surface area contributed by atoms with Crippen molar-refractivity contribution in [2.45, 2.75) is 6.18 Å². The molecule has 0 spiro atoms. The van der Waals surface area contributed by atoms with Crippen LogP contribution < -0.4 is 0 Å². The lowest BCUT2D eigenvalue weighted by Gasteiger charge is -2.12. The molecule has 0 aliphatic heterocycles. The molecular weight excluding hydrogens is 398 g/mol. The van der Waals surface area contributed by atoms with Gasteiger partial charge in [-0.15, -0.1) is 0 Å². The molecule has 1 N–H and O–H groups in total. The Kier molecular flexibility index (Phi) is 4.10. The molecule has 2 aromatic rings. The highest BCUT2D eigenvalue weighted by molar-refractivity contribution is 9.10. The largest absolute Gasteiger partial charge is 0.503 e. The molecule has 110 valence electrons. The summed E-state index contributed by atoms with van der Waals surface area (Å²) in [6.45, 7) is 0. The van der Waals surface area contributed by atoms with E-state index >= 15 is 0 Å². The minimum Gasteiger partial charge on any atom is -0.503 e. The van der Waals surface area contributed by atoms with E-state index in [1.807, 2.05) is 0 Å². The fraction of sp³-hybridized carbons (Fsp3) is 0.0909. The SMILES string of the molecule is N#Cc1nn(-c2c(Cl)cc(C(F)(F)F)cc2Cl)c(Br)c1O. The summed E-state index contributed by atoms with van der Waals surface area (Å²) in [6.07, 6.45) is -4.60. The molecular formula is C11H3BrCl2F3N3O. The maximum atomic E-state index is 12.7. The Balaban J connectivity index is 2.70. The molecule has 1 aromatic heterocycles. The Hall–Kier alpha value is -1.43. The summed E-state index contributed by atoms with van der Waals surface area (Å²) >= 11 is 14.6. The van der Waals surface area contributed by atoms with Crippen LogP contribution in [0.15, 0.2) is 16.7 Å². The van der Waals surface area contributed by atoms with Gasteiger partial charge in [0.15, 0.2) is 10.4 Å². The Morgan fingerprint density at radius 2 is 1.81 bits per heavy atom. The Morgan fingerprint density at radius 1 is 1.29 bits per heavy atom. The standard InChI is InChI=1S/C11H3BrCl2F3N3O/c12-10-9(21)7(3-18)19-20(10)8-5(13)1-4(2-6(8)14)11(15,16)17/h1-2,21H. The smallest absolute Gasteiger partial charge is 0.416 e. The number of benzene rings is 1. The normalized spacial score (nSPS) is 11.5. The van der Waals surface area contributed by atoms with E-state index in [4.69, 9.17) is 28.5 Å². The van der Waals surface area contributed by atoms with Crippen molar-refractivity contribution in [1.29, 1.82) is 5.26 Å². The molecule has 0 amide bonds. The third-order valence-electron chi connectivity index (χ3n) is 2.47. The molecule has 1 heterocycles. The third kappa shape index (κ3) is 2.81. The summed E-state index contributed by atoms with van der Waals surface area (Å²) in [5.74, 6) is -0.468. The summed E-state index contributed by atoms with van der Waals surface area (Å²) in [6, 6.07) is 2.98. The second-order valence-corrected chi connectivity index (χ2v) is 5.36. The van der Waals surface area contributed by atoms with E-state index in [-0.39, 0.29) is 26.0 Å². The van der Waals surface area contributed by atoms with Gasteiger partial charge in [0.1, 0.15) is 11.8 Å². The molecule has 0 radical (unpaired) electrons. The predicted octanol–water partition coefficient (Wildman–Crippen LogP) is 4.54. The van der Waals surface area contributed by atoms with Crippen molar-refractivity contribution in [3.8, 4) is 17.5 Å². The predicted molar refractivity (Wildman–Crippen MR) is 72.7 cm³/mol. The van der Waals surface area contributed by atoms with Crippen molar-refractivity contribution in [1.82, 2.24) is 9.78 Å². The van der Waals surface area contributed by atoms with Crippen LogP contribution >= 0.6 is 39.1 Å². The third-order valence-corrected chi connectivity index (χ3v) is 3.76. The molecule has 0 atom stereocenters. The number of aromatic nitrogens is 2. The average Bonchev–Trinajstić information content (AvgIpc) is 2.65. The van der Waals surface area contributed by atoms with E-state index < -0.39 is 17.5 Å². The monoisotopic (exact) mass is 399 g/mol. The first-order valence-corrected chi connectivity index (χ1v) is 6.66. The summed E-state index contributed by atoms with van der Waals surface area (Å²) in [5, 5.41) is 21.5. The van der Waals surface area contributed by atoms with Gasteiger partial charge in [-0.2, -0.15) is 23.5 Å². The highest BCUT2D eigenvalue weighted by atomic mass is 79.9. The molecule has 0 saturated heterocycles. The molecule has 2 rings (SSSR count). The van der Waals surface area contributed by atoms with Gasteiger partial charge in [0.2, 0.25) is 5.69 Å². The second-order valence-electron chi connectivity index (χ2n) is 3.80. The van der Waals surface area contributed by atoms with Gasteiger partial charge in [-0.3, -0.25) is 0 Å². The lowest BCUT2D eigenvalue weighted by molar-refractivity contribution is -0.137. The van der Waals surface area contributed by atoms with Gasteiger partial charge in [0.25, 0.3) is 0 Å². The lowest BCUT2D eigenvalue weighted by atomic mass is 10.2. The fourth-order valence-electron chi connectivity index (χ4n) is 1.54. The van der Waals surface area contributed by atoms with Crippen LogP contribution in [0.3, 0.4) is 0 Å². The van der Waals surface area contributed by atoms with E-state index in [1.165, 1.54) is 0 Å². The first-order chi connectivity index (χ1) is 9.66. The molecule has 4 nitrogen and oxygen atoms in total. The number of hydrogen-bond donors (Lipinski definition) is 1. The number of alkyl halides is 3. The van der Waals surface area contributed by atoms with Gasteiger partial charge in [-0.1, -0.05) is 23.2 Å². The van der Waals surface area contributed by atoms with E-state index in [2.05, 4.69) is 21.0 Å². The maximum Gasteiger partial charge on any atom is 0.416 e. The molecule has 1 aromatic carbocycles. The van der Waals surface area contributed by atoms with Crippen LogP contribution in [0.5, 0.6) is 5.75 Å². The fourth-order valence-corrected chi connectivity index (χ4v) is 2.64. The zero-order valence-electron chi connectivity index (χ0n) is 9.71.